The second-order valence-corrected chi connectivity index (χ2v) is 7.47. The van der Waals surface area contributed by atoms with Crippen molar-refractivity contribution in [3.05, 3.63) is 0 Å². The molecule has 176 valence electrons. The molecule has 0 saturated carbocycles. The summed E-state index contributed by atoms with van der Waals surface area (Å²) in [7, 11) is 0. The Kier molecular flexibility index (Phi) is 53.3. The Balaban J connectivity index is -0.000000152. The summed E-state index contributed by atoms with van der Waals surface area (Å²) in [6.45, 7) is 7.74. The number of rotatable bonds is 18. The molecule has 0 saturated heterocycles. The van der Waals surface area contributed by atoms with Gasteiger partial charge >= 0.3 is 0 Å². The summed E-state index contributed by atoms with van der Waals surface area (Å²) in [5.41, 5.74) is 0. The minimum Gasteiger partial charge on any atom is -0.396 e. The molecule has 0 fully saturated rings. The van der Waals surface area contributed by atoms with Gasteiger partial charge in [-0.25, -0.2) is 0 Å². The zero-order valence-electron chi connectivity index (χ0n) is 19.5. The van der Waals surface area contributed by atoms with E-state index < -0.39 is 0 Å². The summed E-state index contributed by atoms with van der Waals surface area (Å²) < 4.78 is 0. The molecule has 0 aliphatic heterocycles. The summed E-state index contributed by atoms with van der Waals surface area (Å²) in [6, 6.07) is 0. The predicted molar refractivity (Wildman–Crippen MR) is 121 cm³/mol. The van der Waals surface area contributed by atoms with Crippen molar-refractivity contribution in [1.82, 2.24) is 0 Å². The maximum absolute atomic E-state index is 8.42. The SMILES string of the molecule is CCCCCCCCO.CCCCCCCCO.CCCCCCCCO.[Fe]. The Morgan fingerprint density at radius 3 is 0.679 bits per heavy atom. The van der Waals surface area contributed by atoms with Crippen LogP contribution >= 0.6 is 0 Å². The molecule has 0 aromatic heterocycles. The molecule has 0 aliphatic carbocycles. The number of hydrogen-bond donors (Lipinski definition) is 3. The van der Waals surface area contributed by atoms with Crippen molar-refractivity contribution < 1.29 is 32.4 Å². The average molecular weight is 447 g/mol. The minimum absolute atomic E-state index is 0. The van der Waals surface area contributed by atoms with Gasteiger partial charge in [-0.1, -0.05) is 117 Å². The van der Waals surface area contributed by atoms with Crippen molar-refractivity contribution in [2.75, 3.05) is 19.8 Å². The van der Waals surface area contributed by atoms with Crippen LogP contribution in [0.1, 0.15) is 136 Å². The molecular weight excluding hydrogens is 392 g/mol. The number of aliphatic hydroxyl groups is 3. The zero-order valence-corrected chi connectivity index (χ0v) is 20.6. The molecule has 0 radical (unpaired) electrons. The van der Waals surface area contributed by atoms with Crippen molar-refractivity contribution in [3.63, 3.8) is 0 Å². The normalized spacial score (nSPS) is 9.64. The fourth-order valence-corrected chi connectivity index (χ4v) is 2.68. The Hall–Kier alpha value is 0.399. The van der Waals surface area contributed by atoms with Gasteiger partial charge in [-0.3, -0.25) is 0 Å². The van der Waals surface area contributed by atoms with E-state index in [0.717, 1.165) is 19.3 Å². The van der Waals surface area contributed by atoms with Crippen LogP contribution in [0.5, 0.6) is 0 Å². The van der Waals surface area contributed by atoms with Gasteiger partial charge in [-0.2, -0.15) is 0 Å². The average Bonchev–Trinajstić information content (AvgIpc) is 2.69. The van der Waals surface area contributed by atoms with Gasteiger partial charge in [-0.15, -0.1) is 0 Å². The molecule has 4 heteroatoms. The molecule has 0 heterocycles. The molecule has 0 rings (SSSR count). The van der Waals surface area contributed by atoms with Gasteiger partial charge < -0.3 is 15.3 Å². The van der Waals surface area contributed by atoms with Crippen LogP contribution in [-0.2, 0) is 17.1 Å². The second-order valence-electron chi connectivity index (χ2n) is 7.47. The summed E-state index contributed by atoms with van der Waals surface area (Å²) >= 11 is 0. The van der Waals surface area contributed by atoms with Crippen molar-refractivity contribution >= 4 is 0 Å². The topological polar surface area (TPSA) is 60.7 Å². The van der Waals surface area contributed by atoms with Gasteiger partial charge in [0.1, 0.15) is 0 Å². The predicted octanol–water partition coefficient (Wildman–Crippen LogP) is 7.02. The van der Waals surface area contributed by atoms with E-state index in [2.05, 4.69) is 20.8 Å². The molecule has 3 N–H and O–H groups in total. The number of hydrogen-bond acceptors (Lipinski definition) is 3. The van der Waals surface area contributed by atoms with E-state index in [1.54, 1.807) is 0 Å². The molecule has 0 aromatic rings. The molecule has 0 aromatic carbocycles. The first-order valence-electron chi connectivity index (χ1n) is 12.1. The van der Waals surface area contributed by atoms with Crippen LogP contribution < -0.4 is 0 Å². The molecule has 3 nitrogen and oxygen atoms in total. The van der Waals surface area contributed by atoms with E-state index in [0.29, 0.717) is 19.8 Å². The summed E-state index contributed by atoms with van der Waals surface area (Å²) in [6.07, 6.45) is 22.5. The van der Waals surface area contributed by atoms with Crippen molar-refractivity contribution in [2.45, 2.75) is 136 Å². The van der Waals surface area contributed by atoms with Crippen LogP contribution in [0, 0.1) is 0 Å². The fraction of sp³-hybridized carbons (Fsp3) is 1.00. The van der Waals surface area contributed by atoms with E-state index in [1.807, 2.05) is 0 Å². The molecule has 0 bridgehead atoms. The van der Waals surface area contributed by atoms with Crippen molar-refractivity contribution in [2.24, 2.45) is 0 Å². The molecule has 0 spiro atoms. The quantitative estimate of drug-likeness (QED) is 0.157. The van der Waals surface area contributed by atoms with Crippen molar-refractivity contribution in [1.29, 1.82) is 0 Å². The smallest absolute Gasteiger partial charge is 0.0431 e. The maximum atomic E-state index is 8.42. The van der Waals surface area contributed by atoms with Crippen LogP contribution in [0.15, 0.2) is 0 Å². The van der Waals surface area contributed by atoms with E-state index in [-0.39, 0.29) is 17.1 Å². The van der Waals surface area contributed by atoms with Gasteiger partial charge in [0.2, 0.25) is 0 Å². The third-order valence-corrected chi connectivity index (χ3v) is 4.54. The third kappa shape index (κ3) is 50.3. The molecule has 0 amide bonds. The summed E-state index contributed by atoms with van der Waals surface area (Å²) in [4.78, 5) is 0. The Labute approximate surface area is 188 Å². The maximum Gasteiger partial charge on any atom is 0.0431 e. The summed E-state index contributed by atoms with van der Waals surface area (Å²) in [5, 5.41) is 25.3. The Morgan fingerprint density at radius 1 is 0.321 bits per heavy atom. The Morgan fingerprint density at radius 2 is 0.500 bits per heavy atom. The molecular formula is C24H54FeO3. The third-order valence-electron chi connectivity index (χ3n) is 4.54. The molecule has 28 heavy (non-hydrogen) atoms. The van der Waals surface area contributed by atoms with E-state index in [9.17, 15) is 0 Å². The second kappa shape index (κ2) is 41.7. The first-order valence-corrected chi connectivity index (χ1v) is 12.1. The number of aliphatic hydroxyl groups excluding tert-OH is 3. The molecule has 0 unspecified atom stereocenters. The van der Waals surface area contributed by atoms with Gasteiger partial charge in [0.05, 0.1) is 0 Å². The van der Waals surface area contributed by atoms with Crippen LogP contribution in [0.4, 0.5) is 0 Å². The number of unbranched alkanes of at least 4 members (excludes halogenated alkanes) is 15. The van der Waals surface area contributed by atoms with Crippen LogP contribution in [0.25, 0.3) is 0 Å². The minimum atomic E-state index is 0. The summed E-state index contributed by atoms with van der Waals surface area (Å²) in [5.74, 6) is 0. The van der Waals surface area contributed by atoms with Gasteiger partial charge in [0.25, 0.3) is 0 Å². The van der Waals surface area contributed by atoms with Gasteiger partial charge in [0.15, 0.2) is 0 Å². The van der Waals surface area contributed by atoms with E-state index >= 15 is 0 Å². The first-order chi connectivity index (χ1) is 13.2. The van der Waals surface area contributed by atoms with Crippen LogP contribution in [0.3, 0.4) is 0 Å². The van der Waals surface area contributed by atoms with Crippen molar-refractivity contribution in [3.8, 4) is 0 Å². The fourth-order valence-electron chi connectivity index (χ4n) is 2.68. The monoisotopic (exact) mass is 446 g/mol. The van der Waals surface area contributed by atoms with E-state index in [1.165, 1.54) is 96.3 Å². The van der Waals surface area contributed by atoms with Crippen LogP contribution in [0.2, 0.25) is 0 Å². The Bertz CT molecular complexity index is 153. The van der Waals surface area contributed by atoms with Gasteiger partial charge in [0, 0.05) is 36.9 Å². The first kappa shape index (κ1) is 35.8. The zero-order chi connectivity index (χ0) is 20.8. The molecule has 0 atom stereocenters. The largest absolute Gasteiger partial charge is 0.396 e. The standard InChI is InChI=1S/3C8H18O.Fe/c3*1-2-3-4-5-6-7-8-9;/h3*9H,2-8H2,1H3;. The molecule has 0 aliphatic rings. The van der Waals surface area contributed by atoms with Gasteiger partial charge in [-0.05, 0) is 19.3 Å². The van der Waals surface area contributed by atoms with Crippen LogP contribution in [-0.4, -0.2) is 35.1 Å². The van der Waals surface area contributed by atoms with E-state index in [4.69, 9.17) is 15.3 Å².